The first kappa shape index (κ1) is 15.1. The highest BCUT2D eigenvalue weighted by Gasteiger charge is 2.28. The maximum atomic E-state index is 10.1. The van der Waals surface area contributed by atoms with Gasteiger partial charge in [0.05, 0.1) is 6.10 Å². The summed E-state index contributed by atoms with van der Waals surface area (Å²) in [6.07, 6.45) is -1.31. The topological polar surface area (TPSA) is 131 Å². The number of benzene rings is 2. The van der Waals surface area contributed by atoms with Gasteiger partial charge in [0.25, 0.3) is 0 Å². The summed E-state index contributed by atoms with van der Waals surface area (Å²) < 4.78 is 5.74. The monoisotopic (exact) mass is 320 g/mol. The van der Waals surface area contributed by atoms with E-state index in [1.807, 2.05) is 0 Å². The van der Waals surface area contributed by atoms with Crippen LogP contribution >= 0.6 is 0 Å². The van der Waals surface area contributed by atoms with Crippen LogP contribution in [-0.4, -0.2) is 36.7 Å². The molecule has 0 radical (unpaired) electrons. The van der Waals surface area contributed by atoms with Gasteiger partial charge < -0.3 is 35.4 Å². The number of phenolic OH excluding ortho intramolecular Hbond substituents is 5. The van der Waals surface area contributed by atoms with Crippen LogP contribution in [0.25, 0.3) is 0 Å². The first-order valence-electron chi connectivity index (χ1n) is 6.99. The van der Waals surface area contributed by atoms with Gasteiger partial charge in [-0.2, -0.15) is 0 Å². The molecule has 0 bridgehead atoms. The van der Waals surface area contributed by atoms with Crippen molar-refractivity contribution in [1.82, 2.24) is 0 Å². The average molecular weight is 320 g/mol. The quantitative estimate of drug-likeness (QED) is 0.440. The van der Waals surface area contributed by atoms with E-state index in [-0.39, 0.29) is 30.1 Å². The molecule has 0 aromatic heterocycles. The van der Waals surface area contributed by atoms with Crippen molar-refractivity contribution in [3.05, 3.63) is 35.4 Å². The minimum absolute atomic E-state index is 0.133. The van der Waals surface area contributed by atoms with E-state index in [9.17, 15) is 30.6 Å². The molecule has 1 aliphatic heterocycles. The summed E-state index contributed by atoms with van der Waals surface area (Å²) in [6, 6.07) is 4.92. The molecule has 0 aliphatic carbocycles. The number of phenols is 5. The van der Waals surface area contributed by atoms with Gasteiger partial charge in [0.1, 0.15) is 23.4 Å². The molecule has 0 unspecified atom stereocenters. The summed E-state index contributed by atoms with van der Waals surface area (Å²) in [6.45, 7) is 0. The lowest BCUT2D eigenvalue weighted by molar-refractivity contribution is 0.108. The van der Waals surface area contributed by atoms with Gasteiger partial charge >= 0.3 is 0 Å². The standard InChI is InChI=1S/C16H16O7/c17-8-3-10-11(19)4-9(18)6-15(10)23-14(5-8)7-1-12(20)16(22)13(21)2-7/h1-2,4,6,8,14,17-22H,3,5H2/t8-,14+/m1/s1. The van der Waals surface area contributed by atoms with Crippen LogP contribution < -0.4 is 4.74 Å². The van der Waals surface area contributed by atoms with Gasteiger partial charge in [0, 0.05) is 36.1 Å². The van der Waals surface area contributed by atoms with Crippen LogP contribution in [0.15, 0.2) is 24.3 Å². The highest BCUT2D eigenvalue weighted by molar-refractivity contribution is 5.53. The molecule has 0 fully saturated rings. The van der Waals surface area contributed by atoms with Crippen molar-refractivity contribution in [2.24, 2.45) is 0 Å². The Balaban J connectivity index is 2.04. The van der Waals surface area contributed by atoms with Crippen molar-refractivity contribution in [2.45, 2.75) is 25.0 Å². The molecule has 2 aromatic rings. The summed E-state index contributed by atoms with van der Waals surface area (Å²) in [7, 11) is 0. The normalized spacial score (nSPS) is 20.4. The molecule has 0 saturated heterocycles. The number of hydrogen-bond donors (Lipinski definition) is 6. The number of fused-ring (bicyclic) bond motifs is 1. The van der Waals surface area contributed by atoms with Crippen molar-refractivity contribution in [3.8, 4) is 34.5 Å². The Hall–Kier alpha value is -2.80. The fourth-order valence-electron chi connectivity index (χ4n) is 2.71. The molecule has 2 atom stereocenters. The van der Waals surface area contributed by atoms with Gasteiger partial charge in [-0.1, -0.05) is 0 Å². The second-order valence-corrected chi connectivity index (χ2v) is 5.55. The molecule has 7 heteroatoms. The van der Waals surface area contributed by atoms with Gasteiger partial charge in [0.2, 0.25) is 0 Å². The summed E-state index contributed by atoms with van der Waals surface area (Å²) in [5, 5.41) is 58.3. The Morgan fingerprint density at radius 3 is 2.17 bits per heavy atom. The Morgan fingerprint density at radius 1 is 0.870 bits per heavy atom. The molecule has 0 spiro atoms. The summed E-state index contributed by atoms with van der Waals surface area (Å²) in [5.41, 5.74) is 0.706. The molecule has 0 saturated carbocycles. The summed E-state index contributed by atoms with van der Waals surface area (Å²) in [5.74, 6) is -1.83. The van der Waals surface area contributed by atoms with Gasteiger partial charge in [-0.25, -0.2) is 0 Å². The highest BCUT2D eigenvalue weighted by Crippen LogP contribution is 2.43. The molecule has 7 nitrogen and oxygen atoms in total. The zero-order valence-corrected chi connectivity index (χ0v) is 12.0. The molecular formula is C16H16O7. The van der Waals surface area contributed by atoms with E-state index < -0.39 is 29.5 Å². The second kappa shape index (κ2) is 5.44. The van der Waals surface area contributed by atoms with Crippen LogP contribution in [0.5, 0.6) is 34.5 Å². The summed E-state index contributed by atoms with van der Waals surface area (Å²) in [4.78, 5) is 0. The van der Waals surface area contributed by atoms with E-state index in [0.717, 1.165) is 6.07 Å². The number of hydrogen-bond acceptors (Lipinski definition) is 7. The minimum Gasteiger partial charge on any atom is -0.508 e. The highest BCUT2D eigenvalue weighted by atomic mass is 16.5. The molecule has 1 heterocycles. The van der Waals surface area contributed by atoms with Crippen LogP contribution in [0.4, 0.5) is 0 Å². The Bertz CT molecular complexity index is 733. The zero-order valence-electron chi connectivity index (χ0n) is 12.0. The Kier molecular flexibility index (Phi) is 3.57. The third-order valence-electron chi connectivity index (χ3n) is 3.83. The van der Waals surface area contributed by atoms with E-state index >= 15 is 0 Å². The van der Waals surface area contributed by atoms with Crippen molar-refractivity contribution in [1.29, 1.82) is 0 Å². The van der Waals surface area contributed by atoms with Gasteiger partial charge in [-0.15, -0.1) is 0 Å². The smallest absolute Gasteiger partial charge is 0.200 e. The van der Waals surface area contributed by atoms with E-state index in [1.54, 1.807) is 0 Å². The number of aliphatic hydroxyl groups excluding tert-OH is 1. The van der Waals surface area contributed by atoms with E-state index in [2.05, 4.69) is 0 Å². The molecule has 23 heavy (non-hydrogen) atoms. The third-order valence-corrected chi connectivity index (χ3v) is 3.83. The first-order valence-corrected chi connectivity index (χ1v) is 6.99. The van der Waals surface area contributed by atoms with Crippen LogP contribution in [0.2, 0.25) is 0 Å². The first-order chi connectivity index (χ1) is 10.8. The van der Waals surface area contributed by atoms with E-state index in [0.29, 0.717) is 11.1 Å². The minimum atomic E-state index is -0.838. The lowest BCUT2D eigenvalue weighted by Gasteiger charge is -2.20. The summed E-state index contributed by atoms with van der Waals surface area (Å²) >= 11 is 0. The molecule has 0 amide bonds. The van der Waals surface area contributed by atoms with Crippen molar-refractivity contribution >= 4 is 0 Å². The predicted molar refractivity (Wildman–Crippen MR) is 78.9 cm³/mol. The van der Waals surface area contributed by atoms with E-state index in [1.165, 1.54) is 18.2 Å². The van der Waals surface area contributed by atoms with Crippen LogP contribution in [0.1, 0.15) is 23.7 Å². The average Bonchev–Trinajstić information content (AvgIpc) is 2.63. The molecule has 6 N–H and O–H groups in total. The van der Waals surface area contributed by atoms with Crippen molar-refractivity contribution in [3.63, 3.8) is 0 Å². The number of aromatic hydroxyl groups is 5. The Morgan fingerprint density at radius 2 is 1.52 bits per heavy atom. The molecule has 122 valence electrons. The number of aliphatic hydroxyl groups is 1. The third kappa shape index (κ3) is 2.78. The van der Waals surface area contributed by atoms with E-state index in [4.69, 9.17) is 4.74 Å². The SMILES string of the molecule is Oc1cc(O)c2c(c1)O[C@H](c1cc(O)c(O)c(O)c1)C[C@H](O)C2. The van der Waals surface area contributed by atoms with Crippen LogP contribution in [0, 0.1) is 0 Å². The van der Waals surface area contributed by atoms with Gasteiger partial charge in [-0.3, -0.25) is 0 Å². The van der Waals surface area contributed by atoms with Crippen LogP contribution in [-0.2, 0) is 6.42 Å². The van der Waals surface area contributed by atoms with Crippen LogP contribution in [0.3, 0.4) is 0 Å². The van der Waals surface area contributed by atoms with Gasteiger partial charge in [0.15, 0.2) is 17.2 Å². The zero-order chi connectivity index (χ0) is 16.7. The number of ether oxygens (including phenoxy) is 1. The largest absolute Gasteiger partial charge is 0.508 e. The second-order valence-electron chi connectivity index (χ2n) is 5.55. The molecule has 2 aromatic carbocycles. The number of rotatable bonds is 1. The maximum absolute atomic E-state index is 10.1. The predicted octanol–water partition coefficient (Wildman–Crippen LogP) is 1.64. The van der Waals surface area contributed by atoms with Gasteiger partial charge in [-0.05, 0) is 12.1 Å². The maximum Gasteiger partial charge on any atom is 0.200 e. The molecule has 1 aliphatic rings. The Labute approximate surface area is 131 Å². The fraction of sp³-hybridized carbons (Fsp3) is 0.250. The lowest BCUT2D eigenvalue weighted by Crippen LogP contribution is -2.15. The molecule has 3 rings (SSSR count). The fourth-order valence-corrected chi connectivity index (χ4v) is 2.71. The molecular weight excluding hydrogens is 304 g/mol. The van der Waals surface area contributed by atoms with Crippen molar-refractivity contribution < 1.29 is 35.4 Å². The lowest BCUT2D eigenvalue weighted by atomic mass is 9.99. The van der Waals surface area contributed by atoms with Crippen molar-refractivity contribution in [2.75, 3.05) is 0 Å².